The van der Waals surface area contributed by atoms with Gasteiger partial charge in [-0.25, -0.2) is 0 Å². The molecule has 1 unspecified atom stereocenters. The Balaban J connectivity index is 2.46. The van der Waals surface area contributed by atoms with Gasteiger partial charge in [-0.2, -0.15) is 0 Å². The minimum absolute atomic E-state index is 0.0617. The van der Waals surface area contributed by atoms with E-state index in [0.29, 0.717) is 0 Å². The highest BCUT2D eigenvalue weighted by atomic mass is 79.9. The highest BCUT2D eigenvalue weighted by molar-refractivity contribution is 9.10. The fourth-order valence-electron chi connectivity index (χ4n) is 2.07. The highest BCUT2D eigenvalue weighted by Gasteiger charge is 2.20. The summed E-state index contributed by atoms with van der Waals surface area (Å²) in [5.41, 5.74) is 1.03. The Morgan fingerprint density at radius 3 is 2.30 bits per heavy atom. The molecular formula is C15H18BrNO3. The van der Waals surface area contributed by atoms with E-state index in [4.69, 9.17) is 13.9 Å². The van der Waals surface area contributed by atoms with Crippen LogP contribution < -0.4 is 14.8 Å². The number of rotatable bonds is 6. The fraction of sp³-hybridized carbons (Fsp3) is 0.333. The van der Waals surface area contributed by atoms with Crippen molar-refractivity contribution >= 4 is 15.9 Å². The first-order valence-corrected chi connectivity index (χ1v) is 7.18. The van der Waals surface area contributed by atoms with Gasteiger partial charge in [0.1, 0.15) is 17.3 Å². The lowest BCUT2D eigenvalue weighted by Gasteiger charge is -2.18. The van der Waals surface area contributed by atoms with Gasteiger partial charge >= 0.3 is 0 Å². The summed E-state index contributed by atoms with van der Waals surface area (Å²) in [6.45, 7) is 2.87. The number of furan rings is 1. The smallest absolute Gasteiger partial charge is 0.139 e. The van der Waals surface area contributed by atoms with Crippen molar-refractivity contribution in [2.24, 2.45) is 0 Å². The number of methoxy groups -OCH3 is 2. The second kappa shape index (κ2) is 6.81. The Bertz CT molecular complexity index is 546. The Hall–Kier alpha value is -1.46. The van der Waals surface area contributed by atoms with Crippen molar-refractivity contribution in [1.29, 1.82) is 0 Å². The summed E-state index contributed by atoms with van der Waals surface area (Å²) < 4.78 is 17.2. The van der Waals surface area contributed by atoms with E-state index in [0.717, 1.165) is 33.8 Å². The summed E-state index contributed by atoms with van der Waals surface area (Å²) in [7, 11) is 3.28. The zero-order chi connectivity index (χ0) is 14.5. The molecule has 0 aliphatic carbocycles. The number of hydrogen-bond donors (Lipinski definition) is 1. The van der Waals surface area contributed by atoms with Gasteiger partial charge in [0.15, 0.2) is 0 Å². The first-order valence-electron chi connectivity index (χ1n) is 6.38. The lowest BCUT2D eigenvalue weighted by atomic mass is 10.0. The van der Waals surface area contributed by atoms with Crippen molar-refractivity contribution in [3.8, 4) is 11.5 Å². The van der Waals surface area contributed by atoms with Crippen LogP contribution in [0.15, 0.2) is 39.4 Å². The molecule has 0 amide bonds. The Morgan fingerprint density at radius 1 is 1.20 bits per heavy atom. The maximum atomic E-state index is 5.59. The molecule has 0 bridgehead atoms. The third kappa shape index (κ3) is 3.16. The molecule has 1 heterocycles. The lowest BCUT2D eigenvalue weighted by Crippen LogP contribution is -2.22. The van der Waals surface area contributed by atoms with Crippen molar-refractivity contribution < 1.29 is 13.9 Å². The van der Waals surface area contributed by atoms with E-state index >= 15 is 0 Å². The van der Waals surface area contributed by atoms with Crippen LogP contribution in [0.25, 0.3) is 0 Å². The number of halogens is 1. The minimum atomic E-state index is -0.0617. The molecule has 1 aromatic carbocycles. The number of nitrogens with one attached hydrogen (secondary N) is 1. The number of hydrogen-bond acceptors (Lipinski definition) is 4. The van der Waals surface area contributed by atoms with Crippen LogP contribution >= 0.6 is 15.9 Å². The number of ether oxygens (including phenoxy) is 2. The van der Waals surface area contributed by atoms with E-state index in [9.17, 15) is 0 Å². The summed E-state index contributed by atoms with van der Waals surface area (Å²) in [6, 6.07) is 7.63. The van der Waals surface area contributed by atoms with Crippen molar-refractivity contribution in [3.63, 3.8) is 0 Å². The summed E-state index contributed by atoms with van der Waals surface area (Å²) in [5.74, 6) is 2.34. The van der Waals surface area contributed by atoms with Gasteiger partial charge in [0.25, 0.3) is 0 Å². The van der Waals surface area contributed by atoms with Crippen LogP contribution in [-0.2, 0) is 0 Å². The van der Waals surface area contributed by atoms with Gasteiger partial charge in [-0.1, -0.05) is 6.92 Å². The molecule has 20 heavy (non-hydrogen) atoms. The van der Waals surface area contributed by atoms with Gasteiger partial charge in [0.05, 0.1) is 31.0 Å². The Kier molecular flexibility index (Phi) is 5.09. The quantitative estimate of drug-likeness (QED) is 0.870. The van der Waals surface area contributed by atoms with Crippen LogP contribution in [0.3, 0.4) is 0 Å². The van der Waals surface area contributed by atoms with Crippen molar-refractivity contribution in [3.05, 3.63) is 46.3 Å². The summed E-state index contributed by atoms with van der Waals surface area (Å²) in [4.78, 5) is 0. The molecule has 2 rings (SSSR count). The van der Waals surface area contributed by atoms with Crippen molar-refractivity contribution in [2.45, 2.75) is 13.0 Å². The second-order valence-electron chi connectivity index (χ2n) is 4.27. The molecule has 0 aliphatic heterocycles. The predicted molar refractivity (Wildman–Crippen MR) is 81.5 cm³/mol. The molecule has 4 nitrogen and oxygen atoms in total. The molecule has 0 saturated carbocycles. The molecule has 1 N–H and O–H groups in total. The third-order valence-corrected chi connectivity index (χ3v) is 3.68. The van der Waals surface area contributed by atoms with Crippen molar-refractivity contribution in [2.75, 3.05) is 20.8 Å². The minimum Gasteiger partial charge on any atom is -0.497 e. The van der Waals surface area contributed by atoms with E-state index in [2.05, 4.69) is 28.2 Å². The Labute approximate surface area is 127 Å². The van der Waals surface area contributed by atoms with E-state index < -0.39 is 0 Å². The molecule has 0 fully saturated rings. The first-order chi connectivity index (χ1) is 9.69. The molecule has 0 radical (unpaired) electrons. The van der Waals surface area contributed by atoms with Gasteiger partial charge in [0, 0.05) is 6.07 Å². The molecule has 1 atom stereocenters. The molecule has 0 aliphatic rings. The van der Waals surface area contributed by atoms with E-state index in [1.807, 2.05) is 24.3 Å². The zero-order valence-corrected chi connectivity index (χ0v) is 13.4. The maximum absolute atomic E-state index is 5.59. The molecule has 0 spiro atoms. The Morgan fingerprint density at radius 2 is 1.85 bits per heavy atom. The van der Waals surface area contributed by atoms with Gasteiger partial charge in [-0.05, 0) is 46.2 Å². The van der Waals surface area contributed by atoms with Crippen LogP contribution in [-0.4, -0.2) is 20.8 Å². The summed E-state index contributed by atoms with van der Waals surface area (Å²) in [5, 5.41) is 3.41. The van der Waals surface area contributed by atoms with Crippen LogP contribution in [0, 0.1) is 0 Å². The average molecular weight is 340 g/mol. The largest absolute Gasteiger partial charge is 0.497 e. The standard InChI is InChI=1S/C15H18BrNO3/c1-4-17-14(15-13(16)5-6-20-15)10-7-11(18-2)9-12(8-10)19-3/h5-9,14,17H,4H2,1-3H3. The molecule has 2 aromatic rings. The number of benzene rings is 1. The van der Waals surface area contributed by atoms with E-state index in [1.165, 1.54) is 0 Å². The van der Waals surface area contributed by atoms with E-state index in [-0.39, 0.29) is 6.04 Å². The molecule has 108 valence electrons. The topological polar surface area (TPSA) is 43.6 Å². The molecule has 0 saturated heterocycles. The monoisotopic (exact) mass is 339 g/mol. The van der Waals surface area contributed by atoms with Crippen LogP contribution in [0.1, 0.15) is 24.3 Å². The van der Waals surface area contributed by atoms with Gasteiger partial charge in [-0.3, -0.25) is 0 Å². The van der Waals surface area contributed by atoms with Gasteiger partial charge < -0.3 is 19.2 Å². The predicted octanol–water partition coefficient (Wildman–Crippen LogP) is 3.76. The summed E-state index contributed by atoms with van der Waals surface area (Å²) >= 11 is 3.51. The molecule has 1 aromatic heterocycles. The van der Waals surface area contributed by atoms with Crippen LogP contribution in [0.5, 0.6) is 11.5 Å². The summed E-state index contributed by atoms with van der Waals surface area (Å²) in [6.07, 6.45) is 1.67. The average Bonchev–Trinajstić information content (AvgIpc) is 2.90. The van der Waals surface area contributed by atoms with Gasteiger partial charge in [0.2, 0.25) is 0 Å². The van der Waals surface area contributed by atoms with Crippen LogP contribution in [0.2, 0.25) is 0 Å². The lowest BCUT2D eigenvalue weighted by molar-refractivity contribution is 0.390. The zero-order valence-electron chi connectivity index (χ0n) is 11.8. The normalized spacial score (nSPS) is 12.2. The third-order valence-electron chi connectivity index (χ3n) is 3.02. The first kappa shape index (κ1) is 14.9. The van der Waals surface area contributed by atoms with Crippen molar-refractivity contribution in [1.82, 2.24) is 5.32 Å². The molecule has 5 heteroatoms. The molecular weight excluding hydrogens is 322 g/mol. The van der Waals surface area contributed by atoms with Crippen LogP contribution in [0.4, 0.5) is 0 Å². The van der Waals surface area contributed by atoms with E-state index in [1.54, 1.807) is 20.5 Å². The SMILES string of the molecule is CCNC(c1cc(OC)cc(OC)c1)c1occc1Br. The second-order valence-corrected chi connectivity index (χ2v) is 5.12. The maximum Gasteiger partial charge on any atom is 0.139 e. The highest BCUT2D eigenvalue weighted by Crippen LogP contribution is 2.33. The fourth-order valence-corrected chi connectivity index (χ4v) is 2.50. The van der Waals surface area contributed by atoms with Gasteiger partial charge in [-0.15, -0.1) is 0 Å².